The molecule has 1 aromatic rings. The van der Waals surface area contributed by atoms with Crippen molar-refractivity contribution in [1.82, 2.24) is 20.5 Å². The van der Waals surface area contributed by atoms with Gasteiger partial charge in [-0.2, -0.15) is 13.2 Å². The highest BCUT2D eigenvalue weighted by Crippen LogP contribution is 2.36. The number of aromatic nitrogens is 1. The average molecular weight is 399 g/mol. The molecule has 2 saturated heterocycles. The number of carbonyl (C=O) groups is 1. The van der Waals surface area contributed by atoms with Crippen molar-refractivity contribution in [2.75, 3.05) is 39.8 Å². The molecule has 0 radical (unpaired) electrons. The lowest BCUT2D eigenvalue weighted by Gasteiger charge is -2.40. The lowest BCUT2D eigenvalue weighted by Crippen LogP contribution is -2.51. The number of amides is 1. The van der Waals surface area contributed by atoms with E-state index in [0.717, 1.165) is 44.2 Å². The van der Waals surface area contributed by atoms with Crippen LogP contribution in [0.1, 0.15) is 24.8 Å². The minimum Gasteiger partial charge on any atom is -0.476 e. The van der Waals surface area contributed by atoms with Crippen molar-refractivity contribution in [3.63, 3.8) is 0 Å². The molecule has 1 unspecified atom stereocenters. The van der Waals surface area contributed by atoms with Gasteiger partial charge in [-0.15, -0.1) is 0 Å². The first-order valence-corrected chi connectivity index (χ1v) is 9.20. The van der Waals surface area contributed by atoms with Gasteiger partial charge in [-0.3, -0.25) is 9.79 Å². The molecule has 0 aliphatic carbocycles. The Morgan fingerprint density at radius 3 is 2.89 bits per heavy atom. The summed E-state index contributed by atoms with van der Waals surface area (Å²) in [7, 11) is 1.69. The van der Waals surface area contributed by atoms with E-state index in [-0.39, 0.29) is 23.8 Å². The number of aliphatic imine (C=N–C) groups is 1. The molecule has 154 valence electrons. The van der Waals surface area contributed by atoms with Crippen molar-refractivity contribution >= 4 is 11.9 Å². The van der Waals surface area contributed by atoms with Crippen molar-refractivity contribution in [3.8, 4) is 5.88 Å². The number of rotatable bonds is 4. The van der Waals surface area contributed by atoms with Crippen LogP contribution in [0, 0.1) is 5.41 Å². The van der Waals surface area contributed by atoms with Gasteiger partial charge in [-0.25, -0.2) is 4.98 Å². The molecule has 2 N–H and O–H groups in total. The molecule has 28 heavy (non-hydrogen) atoms. The molecule has 3 heterocycles. The Labute approximate surface area is 161 Å². The molecule has 2 aliphatic rings. The summed E-state index contributed by atoms with van der Waals surface area (Å²) in [5.41, 5.74) is -0.842. The summed E-state index contributed by atoms with van der Waals surface area (Å²) < 4.78 is 43.0. The SMILES string of the molecule is CN=C(NCCOc1ccc(C(F)(F)F)cn1)N1CCCC2(CNC(=O)C2)C1. The topological polar surface area (TPSA) is 78.9 Å². The van der Waals surface area contributed by atoms with Gasteiger partial charge in [0, 0.05) is 50.8 Å². The van der Waals surface area contributed by atoms with Crippen LogP contribution in [0.2, 0.25) is 0 Å². The number of carbonyl (C=O) groups excluding carboxylic acids is 1. The summed E-state index contributed by atoms with van der Waals surface area (Å²) in [6, 6.07) is 2.15. The molecule has 10 heteroatoms. The summed E-state index contributed by atoms with van der Waals surface area (Å²) in [5.74, 6) is 0.960. The quantitative estimate of drug-likeness (QED) is 0.457. The molecule has 1 amide bonds. The molecule has 0 aromatic carbocycles. The zero-order valence-corrected chi connectivity index (χ0v) is 15.7. The maximum Gasteiger partial charge on any atom is 0.417 e. The summed E-state index contributed by atoms with van der Waals surface area (Å²) >= 11 is 0. The summed E-state index contributed by atoms with van der Waals surface area (Å²) in [5, 5.41) is 6.12. The van der Waals surface area contributed by atoms with Crippen LogP contribution in [0.3, 0.4) is 0 Å². The first-order chi connectivity index (χ1) is 13.3. The van der Waals surface area contributed by atoms with Crippen molar-refractivity contribution in [3.05, 3.63) is 23.9 Å². The monoisotopic (exact) mass is 399 g/mol. The Morgan fingerprint density at radius 2 is 2.29 bits per heavy atom. The first kappa shape index (κ1) is 20.2. The van der Waals surface area contributed by atoms with Gasteiger partial charge in [0.25, 0.3) is 0 Å². The summed E-state index contributed by atoms with van der Waals surface area (Å²) in [4.78, 5) is 21.7. The fourth-order valence-corrected chi connectivity index (χ4v) is 3.71. The van der Waals surface area contributed by atoms with Crippen LogP contribution in [-0.2, 0) is 11.0 Å². The largest absolute Gasteiger partial charge is 0.476 e. The molecular weight excluding hydrogens is 375 g/mol. The highest BCUT2D eigenvalue weighted by Gasteiger charge is 2.42. The van der Waals surface area contributed by atoms with E-state index in [9.17, 15) is 18.0 Å². The molecule has 1 atom stereocenters. The molecule has 2 aliphatic heterocycles. The van der Waals surface area contributed by atoms with Crippen molar-refractivity contribution in [2.45, 2.75) is 25.4 Å². The van der Waals surface area contributed by atoms with Gasteiger partial charge in [-0.1, -0.05) is 0 Å². The number of piperidine rings is 1. The van der Waals surface area contributed by atoms with Crippen molar-refractivity contribution in [2.24, 2.45) is 10.4 Å². The molecule has 7 nitrogen and oxygen atoms in total. The molecule has 1 spiro atoms. The number of ether oxygens (including phenoxy) is 1. The maximum absolute atomic E-state index is 12.5. The number of nitrogens with one attached hydrogen (secondary N) is 2. The lowest BCUT2D eigenvalue weighted by molar-refractivity contribution is -0.137. The molecule has 1 aromatic heterocycles. The van der Waals surface area contributed by atoms with Crippen LogP contribution in [0.5, 0.6) is 5.88 Å². The number of nitrogens with zero attached hydrogens (tertiary/aromatic N) is 3. The highest BCUT2D eigenvalue weighted by molar-refractivity contribution is 5.81. The maximum atomic E-state index is 12.5. The Kier molecular flexibility index (Phi) is 5.95. The third-order valence-electron chi connectivity index (χ3n) is 5.07. The molecule has 3 rings (SSSR count). The van der Waals surface area contributed by atoms with Crippen molar-refractivity contribution < 1.29 is 22.7 Å². The summed E-state index contributed by atoms with van der Waals surface area (Å²) in [6.45, 7) is 2.97. The van der Waals surface area contributed by atoms with E-state index >= 15 is 0 Å². The Morgan fingerprint density at radius 1 is 1.46 bits per heavy atom. The zero-order valence-electron chi connectivity index (χ0n) is 15.7. The van der Waals surface area contributed by atoms with Crippen LogP contribution in [0.4, 0.5) is 13.2 Å². The number of alkyl halides is 3. The lowest BCUT2D eigenvalue weighted by atomic mass is 9.79. The van der Waals surface area contributed by atoms with Crippen LogP contribution in [-0.4, -0.2) is 61.6 Å². The van der Waals surface area contributed by atoms with Crippen LogP contribution >= 0.6 is 0 Å². The molecule has 0 saturated carbocycles. The predicted octanol–water partition coefficient (Wildman–Crippen LogP) is 1.66. The minimum absolute atomic E-state index is 0.0341. The van der Waals surface area contributed by atoms with Gasteiger partial charge >= 0.3 is 6.18 Å². The second-order valence-electron chi connectivity index (χ2n) is 7.18. The highest BCUT2D eigenvalue weighted by atomic mass is 19.4. The predicted molar refractivity (Wildman–Crippen MR) is 97.0 cm³/mol. The second kappa shape index (κ2) is 8.24. The fraction of sp³-hybridized carbons (Fsp3) is 0.611. The second-order valence-corrected chi connectivity index (χ2v) is 7.18. The molecule has 2 fully saturated rings. The van der Waals surface area contributed by atoms with Gasteiger partial charge in [0.2, 0.25) is 11.8 Å². The number of hydrogen-bond donors (Lipinski definition) is 2. The zero-order chi connectivity index (χ0) is 20.2. The van der Waals surface area contributed by atoms with E-state index in [2.05, 4.69) is 25.5 Å². The fourth-order valence-electron chi connectivity index (χ4n) is 3.71. The van der Waals surface area contributed by atoms with Crippen LogP contribution < -0.4 is 15.4 Å². The van der Waals surface area contributed by atoms with Crippen LogP contribution in [0.25, 0.3) is 0 Å². The normalized spacial score (nSPS) is 23.1. The Hall–Kier alpha value is -2.52. The number of pyridine rings is 1. The molecule has 0 bridgehead atoms. The van der Waals surface area contributed by atoms with Gasteiger partial charge in [-0.05, 0) is 18.9 Å². The van der Waals surface area contributed by atoms with Gasteiger partial charge in [0.15, 0.2) is 5.96 Å². The minimum atomic E-state index is -4.41. The van der Waals surface area contributed by atoms with E-state index in [1.807, 2.05) is 0 Å². The van der Waals surface area contributed by atoms with Crippen molar-refractivity contribution in [1.29, 1.82) is 0 Å². The van der Waals surface area contributed by atoms with E-state index in [0.29, 0.717) is 19.5 Å². The average Bonchev–Trinajstić information content (AvgIpc) is 3.01. The molecular formula is C18H24F3N5O2. The number of halogens is 3. The Bertz CT molecular complexity index is 723. The van der Waals surface area contributed by atoms with Gasteiger partial charge in [0.1, 0.15) is 6.61 Å². The summed E-state index contributed by atoms with van der Waals surface area (Å²) in [6.07, 6.45) is -1.11. The van der Waals surface area contributed by atoms with Gasteiger partial charge < -0.3 is 20.3 Å². The van der Waals surface area contributed by atoms with E-state index < -0.39 is 11.7 Å². The van der Waals surface area contributed by atoms with E-state index in [1.165, 1.54) is 6.07 Å². The van der Waals surface area contributed by atoms with Crippen LogP contribution in [0.15, 0.2) is 23.3 Å². The third-order valence-corrected chi connectivity index (χ3v) is 5.07. The standard InChI is InChI=1S/C18H24F3N5O2/c1-22-16(26-7-2-5-17(12-26)9-14(27)25-11-17)23-6-8-28-15-4-3-13(10-24-15)18(19,20)21/h3-4,10H,2,5-9,11-12H2,1H3,(H,22,23)(H,25,27). The number of guanidine groups is 1. The smallest absolute Gasteiger partial charge is 0.417 e. The van der Waals surface area contributed by atoms with E-state index in [4.69, 9.17) is 4.74 Å². The number of hydrogen-bond acceptors (Lipinski definition) is 4. The van der Waals surface area contributed by atoms with Gasteiger partial charge in [0.05, 0.1) is 12.1 Å². The van der Waals surface area contributed by atoms with E-state index in [1.54, 1.807) is 7.05 Å². The Balaban J connectivity index is 1.46. The first-order valence-electron chi connectivity index (χ1n) is 9.20. The third kappa shape index (κ3) is 4.85. The number of likely N-dealkylation sites (tertiary alicyclic amines) is 1.